The SMILES string of the molecule is C[C@]1(O)COC[C@H]1N.Cl. The van der Waals surface area contributed by atoms with Crippen molar-refractivity contribution in [2.24, 2.45) is 5.73 Å². The van der Waals surface area contributed by atoms with E-state index in [4.69, 9.17) is 10.5 Å². The van der Waals surface area contributed by atoms with Crippen LogP contribution in [-0.4, -0.2) is 30.0 Å². The van der Waals surface area contributed by atoms with Crippen molar-refractivity contribution in [3.05, 3.63) is 0 Å². The maximum Gasteiger partial charge on any atom is 0.102 e. The molecule has 0 unspecified atom stereocenters. The van der Waals surface area contributed by atoms with Crippen LogP contribution < -0.4 is 5.73 Å². The van der Waals surface area contributed by atoms with Gasteiger partial charge in [-0.1, -0.05) is 0 Å². The van der Waals surface area contributed by atoms with Crippen LogP contribution in [0.4, 0.5) is 0 Å². The molecule has 0 aromatic rings. The Hall–Kier alpha value is 0.170. The zero-order chi connectivity index (χ0) is 6.20. The van der Waals surface area contributed by atoms with Crippen molar-refractivity contribution >= 4 is 12.4 Å². The van der Waals surface area contributed by atoms with Gasteiger partial charge in [0.05, 0.1) is 19.3 Å². The number of aliphatic hydroxyl groups is 1. The van der Waals surface area contributed by atoms with Crippen molar-refractivity contribution < 1.29 is 9.84 Å². The molecule has 56 valence electrons. The van der Waals surface area contributed by atoms with Crippen LogP contribution >= 0.6 is 12.4 Å². The van der Waals surface area contributed by atoms with Gasteiger partial charge in [-0.3, -0.25) is 0 Å². The third-order valence-corrected chi connectivity index (χ3v) is 1.49. The molecule has 1 aliphatic rings. The van der Waals surface area contributed by atoms with Crippen molar-refractivity contribution in [1.29, 1.82) is 0 Å². The fraction of sp³-hybridized carbons (Fsp3) is 1.00. The number of nitrogens with two attached hydrogens (primary N) is 1. The second-order valence-electron chi connectivity index (χ2n) is 2.48. The van der Waals surface area contributed by atoms with Crippen molar-refractivity contribution in [3.8, 4) is 0 Å². The first-order chi connectivity index (χ1) is 3.63. The smallest absolute Gasteiger partial charge is 0.102 e. The highest BCUT2D eigenvalue weighted by atomic mass is 35.5. The molecule has 1 heterocycles. The normalized spacial score (nSPS) is 42.3. The molecule has 2 atom stereocenters. The predicted octanol–water partition coefficient (Wildman–Crippen LogP) is -0.483. The minimum atomic E-state index is -0.792. The second kappa shape index (κ2) is 2.84. The summed E-state index contributed by atoms with van der Waals surface area (Å²) in [6, 6.07) is -0.206. The lowest BCUT2D eigenvalue weighted by Gasteiger charge is -2.18. The van der Waals surface area contributed by atoms with E-state index >= 15 is 0 Å². The predicted molar refractivity (Wildman–Crippen MR) is 36.7 cm³/mol. The molecule has 1 saturated heterocycles. The minimum absolute atomic E-state index is 0. The van der Waals surface area contributed by atoms with Gasteiger partial charge in [0.25, 0.3) is 0 Å². The zero-order valence-electron chi connectivity index (χ0n) is 5.33. The third-order valence-electron chi connectivity index (χ3n) is 1.49. The summed E-state index contributed by atoms with van der Waals surface area (Å²) in [7, 11) is 0. The lowest BCUT2D eigenvalue weighted by molar-refractivity contribution is 0.0361. The monoisotopic (exact) mass is 153 g/mol. The van der Waals surface area contributed by atoms with E-state index in [2.05, 4.69) is 0 Å². The first-order valence-electron chi connectivity index (χ1n) is 2.68. The lowest BCUT2D eigenvalue weighted by Crippen LogP contribution is -2.43. The zero-order valence-corrected chi connectivity index (χ0v) is 6.15. The molecule has 3 nitrogen and oxygen atoms in total. The average Bonchev–Trinajstić information content (AvgIpc) is 1.86. The van der Waals surface area contributed by atoms with Gasteiger partial charge in [0.15, 0.2) is 0 Å². The Morgan fingerprint density at radius 1 is 1.78 bits per heavy atom. The average molecular weight is 154 g/mol. The fourth-order valence-corrected chi connectivity index (χ4v) is 0.679. The minimum Gasteiger partial charge on any atom is -0.386 e. The molecule has 0 bridgehead atoms. The van der Waals surface area contributed by atoms with Crippen molar-refractivity contribution in [1.82, 2.24) is 0 Å². The van der Waals surface area contributed by atoms with Gasteiger partial charge in [0, 0.05) is 0 Å². The van der Waals surface area contributed by atoms with Gasteiger partial charge in [-0.05, 0) is 6.92 Å². The molecule has 0 spiro atoms. The van der Waals surface area contributed by atoms with Gasteiger partial charge in [0.2, 0.25) is 0 Å². The van der Waals surface area contributed by atoms with Crippen LogP contribution in [0.2, 0.25) is 0 Å². The molecule has 0 amide bonds. The summed E-state index contributed by atoms with van der Waals surface area (Å²) in [6.07, 6.45) is 0. The van der Waals surface area contributed by atoms with Crippen LogP contribution in [0.5, 0.6) is 0 Å². The standard InChI is InChI=1S/C5H11NO2.ClH/c1-5(7)3-8-2-4(5)6;/h4,7H,2-3,6H2,1H3;1H/t4-,5+;/m1./s1. The summed E-state index contributed by atoms with van der Waals surface area (Å²) >= 11 is 0. The maximum absolute atomic E-state index is 9.21. The molecule has 0 aromatic heterocycles. The summed E-state index contributed by atoms with van der Waals surface area (Å²) in [6.45, 7) is 2.53. The molecule has 1 fully saturated rings. The molecule has 9 heavy (non-hydrogen) atoms. The van der Waals surface area contributed by atoms with E-state index in [1.165, 1.54) is 0 Å². The van der Waals surface area contributed by atoms with Gasteiger partial charge >= 0.3 is 0 Å². The Kier molecular flexibility index (Phi) is 2.89. The number of halogens is 1. The number of rotatable bonds is 0. The summed E-state index contributed by atoms with van der Waals surface area (Å²) in [5.74, 6) is 0. The van der Waals surface area contributed by atoms with Crippen LogP contribution in [0.3, 0.4) is 0 Å². The Morgan fingerprint density at radius 2 is 2.33 bits per heavy atom. The van der Waals surface area contributed by atoms with E-state index in [1.54, 1.807) is 6.92 Å². The Labute approximate surface area is 60.6 Å². The van der Waals surface area contributed by atoms with Crippen LogP contribution in [0.15, 0.2) is 0 Å². The van der Waals surface area contributed by atoms with E-state index in [1.807, 2.05) is 0 Å². The Balaban J connectivity index is 0.000000640. The molecule has 0 saturated carbocycles. The van der Waals surface area contributed by atoms with Gasteiger partial charge in [-0.25, -0.2) is 0 Å². The summed E-state index contributed by atoms with van der Waals surface area (Å²) < 4.78 is 4.90. The van der Waals surface area contributed by atoms with E-state index in [0.717, 1.165) is 0 Å². The summed E-state index contributed by atoms with van der Waals surface area (Å²) in [5.41, 5.74) is 4.65. The van der Waals surface area contributed by atoms with Crippen molar-refractivity contribution in [2.45, 2.75) is 18.6 Å². The van der Waals surface area contributed by atoms with E-state index in [-0.39, 0.29) is 18.4 Å². The van der Waals surface area contributed by atoms with Gasteiger partial charge in [-0.2, -0.15) is 0 Å². The highest BCUT2D eigenvalue weighted by Crippen LogP contribution is 2.15. The Morgan fingerprint density at radius 3 is 2.44 bits per heavy atom. The maximum atomic E-state index is 9.21. The molecular formula is C5H12ClNO2. The van der Waals surface area contributed by atoms with Gasteiger partial charge < -0.3 is 15.6 Å². The molecule has 4 heteroatoms. The number of ether oxygens (including phenoxy) is 1. The fourth-order valence-electron chi connectivity index (χ4n) is 0.679. The van der Waals surface area contributed by atoms with Gasteiger partial charge in [0.1, 0.15) is 5.60 Å². The first-order valence-corrected chi connectivity index (χ1v) is 2.68. The lowest BCUT2D eigenvalue weighted by atomic mass is 10.0. The molecule has 3 N–H and O–H groups in total. The second-order valence-corrected chi connectivity index (χ2v) is 2.48. The van der Waals surface area contributed by atoms with E-state index in [0.29, 0.717) is 13.2 Å². The first kappa shape index (κ1) is 9.17. The molecule has 1 rings (SSSR count). The van der Waals surface area contributed by atoms with Crippen LogP contribution in [-0.2, 0) is 4.74 Å². The van der Waals surface area contributed by atoms with Crippen LogP contribution in [0.25, 0.3) is 0 Å². The highest BCUT2D eigenvalue weighted by molar-refractivity contribution is 5.85. The topological polar surface area (TPSA) is 55.5 Å². The third kappa shape index (κ3) is 1.79. The highest BCUT2D eigenvalue weighted by Gasteiger charge is 2.34. The van der Waals surface area contributed by atoms with Gasteiger partial charge in [-0.15, -0.1) is 12.4 Å². The summed E-state index contributed by atoms with van der Waals surface area (Å²) in [4.78, 5) is 0. The van der Waals surface area contributed by atoms with Crippen molar-refractivity contribution in [3.63, 3.8) is 0 Å². The summed E-state index contributed by atoms with van der Waals surface area (Å²) in [5, 5.41) is 9.21. The number of hydrogen-bond acceptors (Lipinski definition) is 3. The molecule has 0 aromatic carbocycles. The van der Waals surface area contributed by atoms with Crippen molar-refractivity contribution in [2.75, 3.05) is 13.2 Å². The van der Waals surface area contributed by atoms with E-state index < -0.39 is 5.60 Å². The Bertz CT molecular complexity index is 97.0. The molecule has 0 radical (unpaired) electrons. The molecular weight excluding hydrogens is 142 g/mol. The molecule has 0 aliphatic carbocycles. The van der Waals surface area contributed by atoms with Crippen LogP contribution in [0.1, 0.15) is 6.92 Å². The quantitative estimate of drug-likeness (QED) is 0.494. The largest absolute Gasteiger partial charge is 0.386 e. The van der Waals surface area contributed by atoms with Crippen LogP contribution in [0, 0.1) is 0 Å². The molecule has 1 aliphatic heterocycles. The number of hydrogen-bond donors (Lipinski definition) is 2. The van der Waals surface area contributed by atoms with E-state index in [9.17, 15) is 5.11 Å².